The molecule has 2 rings (SSSR count). The summed E-state index contributed by atoms with van der Waals surface area (Å²) in [5.41, 5.74) is 1.30. The number of nitrogens with zero attached hydrogens (tertiary/aromatic N) is 3. The second kappa shape index (κ2) is 6.56. The molecule has 20 heavy (non-hydrogen) atoms. The van der Waals surface area contributed by atoms with Gasteiger partial charge in [-0.2, -0.15) is 4.98 Å². The van der Waals surface area contributed by atoms with E-state index in [1.54, 1.807) is 30.7 Å². The molecule has 0 aliphatic carbocycles. The van der Waals surface area contributed by atoms with E-state index in [2.05, 4.69) is 9.97 Å². The molecule has 0 aliphatic rings. The van der Waals surface area contributed by atoms with E-state index < -0.39 is 0 Å². The third-order valence-corrected chi connectivity index (χ3v) is 2.95. The summed E-state index contributed by atoms with van der Waals surface area (Å²) in [5.74, 6) is 1.28. The Morgan fingerprint density at radius 3 is 2.85 bits per heavy atom. The molecule has 0 saturated heterocycles. The number of carbonyl (C=O) groups excluding carboxylic acids is 1. The van der Waals surface area contributed by atoms with Crippen molar-refractivity contribution in [2.45, 2.75) is 19.9 Å². The summed E-state index contributed by atoms with van der Waals surface area (Å²) in [7, 11) is 1.54. The van der Waals surface area contributed by atoms with Crippen LogP contribution in [0.5, 0.6) is 5.88 Å². The van der Waals surface area contributed by atoms with Crippen molar-refractivity contribution in [1.29, 1.82) is 0 Å². The zero-order chi connectivity index (χ0) is 14.5. The number of carbonyl (C=O) groups is 1. The topological polar surface area (TPSA) is 66.2 Å². The van der Waals surface area contributed by atoms with Crippen LogP contribution in [-0.2, 0) is 22.5 Å². The maximum atomic E-state index is 11.7. The van der Waals surface area contributed by atoms with Crippen LogP contribution in [0.2, 0.25) is 0 Å². The van der Waals surface area contributed by atoms with Gasteiger partial charge in [0, 0.05) is 18.4 Å². The predicted molar refractivity (Wildman–Crippen MR) is 75.1 cm³/mol. The van der Waals surface area contributed by atoms with Crippen LogP contribution >= 0.6 is 11.6 Å². The quantitative estimate of drug-likeness (QED) is 0.601. The normalized spacial score (nSPS) is 10.8. The molecule has 0 atom stereocenters. The van der Waals surface area contributed by atoms with Crippen LogP contribution < -0.4 is 4.74 Å². The Hall–Kier alpha value is -1.82. The zero-order valence-corrected chi connectivity index (χ0v) is 12.2. The standard InChI is InChI=1S/C13H16ClN3O3/c1-3-20-12(18)8-17-10(6-7-14)15-9-4-5-11(19-2)16-13(9)17/h4-5H,3,6-8H2,1-2H3. The molecule has 108 valence electrons. The molecule has 0 unspecified atom stereocenters. The second-order valence-corrected chi connectivity index (χ2v) is 4.43. The summed E-state index contributed by atoms with van der Waals surface area (Å²) in [6.45, 7) is 2.18. The van der Waals surface area contributed by atoms with Crippen molar-refractivity contribution in [2.75, 3.05) is 19.6 Å². The van der Waals surface area contributed by atoms with Gasteiger partial charge in [0.2, 0.25) is 5.88 Å². The van der Waals surface area contributed by atoms with Crippen molar-refractivity contribution in [3.63, 3.8) is 0 Å². The van der Waals surface area contributed by atoms with Gasteiger partial charge < -0.3 is 14.0 Å². The minimum atomic E-state index is -0.327. The fourth-order valence-corrected chi connectivity index (χ4v) is 2.09. The molecule has 0 fully saturated rings. The molecule has 0 spiro atoms. The average Bonchev–Trinajstić information content (AvgIpc) is 2.77. The molecular formula is C13H16ClN3O3. The van der Waals surface area contributed by atoms with Gasteiger partial charge in [0.25, 0.3) is 0 Å². The van der Waals surface area contributed by atoms with E-state index in [0.29, 0.717) is 41.8 Å². The summed E-state index contributed by atoms with van der Waals surface area (Å²) in [4.78, 5) is 20.5. The largest absolute Gasteiger partial charge is 0.481 e. The summed E-state index contributed by atoms with van der Waals surface area (Å²) in [5, 5.41) is 0. The second-order valence-electron chi connectivity index (χ2n) is 4.05. The highest BCUT2D eigenvalue weighted by atomic mass is 35.5. The molecule has 0 amide bonds. The van der Waals surface area contributed by atoms with Gasteiger partial charge in [-0.1, -0.05) is 0 Å². The first kappa shape index (κ1) is 14.6. The fraction of sp³-hybridized carbons (Fsp3) is 0.462. The lowest BCUT2D eigenvalue weighted by molar-refractivity contribution is -0.143. The van der Waals surface area contributed by atoms with Crippen molar-refractivity contribution in [1.82, 2.24) is 14.5 Å². The molecule has 0 bridgehead atoms. The van der Waals surface area contributed by atoms with Gasteiger partial charge in [-0.15, -0.1) is 11.6 Å². The molecule has 2 heterocycles. The van der Waals surface area contributed by atoms with Gasteiger partial charge in [0.05, 0.1) is 13.7 Å². The van der Waals surface area contributed by atoms with Gasteiger partial charge in [0.15, 0.2) is 5.65 Å². The summed E-state index contributed by atoms with van der Waals surface area (Å²) < 4.78 is 11.8. The van der Waals surface area contributed by atoms with Crippen LogP contribution in [0.25, 0.3) is 11.2 Å². The molecule has 0 saturated carbocycles. The van der Waals surface area contributed by atoms with Gasteiger partial charge >= 0.3 is 5.97 Å². The van der Waals surface area contributed by atoms with E-state index in [0.717, 1.165) is 0 Å². The van der Waals surface area contributed by atoms with Crippen LogP contribution in [0.3, 0.4) is 0 Å². The van der Waals surface area contributed by atoms with Crippen LogP contribution in [0.1, 0.15) is 12.7 Å². The summed E-state index contributed by atoms with van der Waals surface area (Å²) >= 11 is 5.78. The molecule has 2 aromatic heterocycles. The Labute approximate surface area is 121 Å². The van der Waals surface area contributed by atoms with E-state index >= 15 is 0 Å². The number of imidazole rings is 1. The molecular weight excluding hydrogens is 282 g/mol. The number of ether oxygens (including phenoxy) is 2. The molecule has 7 heteroatoms. The Morgan fingerprint density at radius 1 is 1.40 bits per heavy atom. The molecule has 0 radical (unpaired) electrons. The number of esters is 1. The molecule has 0 aliphatic heterocycles. The number of fused-ring (bicyclic) bond motifs is 1. The van der Waals surface area contributed by atoms with Gasteiger partial charge in [-0.25, -0.2) is 4.98 Å². The minimum absolute atomic E-state index is 0.0662. The number of methoxy groups -OCH3 is 1. The number of alkyl halides is 1. The van der Waals surface area contributed by atoms with Crippen LogP contribution in [0.15, 0.2) is 12.1 Å². The van der Waals surface area contributed by atoms with Gasteiger partial charge in [0.1, 0.15) is 17.9 Å². The van der Waals surface area contributed by atoms with Crippen LogP contribution in [0, 0.1) is 0 Å². The highest BCUT2D eigenvalue weighted by Gasteiger charge is 2.15. The number of hydrogen-bond acceptors (Lipinski definition) is 5. The first-order chi connectivity index (χ1) is 9.69. The van der Waals surface area contributed by atoms with Gasteiger partial charge in [-0.05, 0) is 13.0 Å². The third-order valence-electron chi connectivity index (χ3n) is 2.77. The Balaban J connectivity index is 2.45. The van der Waals surface area contributed by atoms with E-state index in [-0.39, 0.29) is 12.5 Å². The van der Waals surface area contributed by atoms with Crippen LogP contribution in [-0.4, -0.2) is 40.1 Å². The number of aromatic nitrogens is 3. The summed E-state index contributed by atoms with van der Waals surface area (Å²) in [6.07, 6.45) is 0.555. The average molecular weight is 298 g/mol. The first-order valence-corrected chi connectivity index (χ1v) is 6.84. The number of halogens is 1. The van der Waals surface area contributed by atoms with Crippen molar-refractivity contribution in [3.8, 4) is 5.88 Å². The Kier molecular flexibility index (Phi) is 4.79. The number of hydrogen-bond donors (Lipinski definition) is 0. The molecule has 0 N–H and O–H groups in total. The minimum Gasteiger partial charge on any atom is -0.481 e. The molecule has 2 aromatic rings. The van der Waals surface area contributed by atoms with E-state index in [1.165, 1.54) is 0 Å². The smallest absolute Gasteiger partial charge is 0.326 e. The lowest BCUT2D eigenvalue weighted by Crippen LogP contribution is -2.16. The fourth-order valence-electron chi connectivity index (χ4n) is 1.92. The summed E-state index contributed by atoms with van der Waals surface area (Å²) in [6, 6.07) is 3.54. The number of aryl methyl sites for hydroxylation is 1. The van der Waals surface area contributed by atoms with Crippen molar-refractivity contribution in [3.05, 3.63) is 18.0 Å². The lowest BCUT2D eigenvalue weighted by Gasteiger charge is -2.07. The highest BCUT2D eigenvalue weighted by molar-refractivity contribution is 6.17. The number of rotatable bonds is 6. The van der Waals surface area contributed by atoms with Crippen LogP contribution in [0.4, 0.5) is 0 Å². The van der Waals surface area contributed by atoms with E-state index in [9.17, 15) is 4.79 Å². The van der Waals surface area contributed by atoms with Gasteiger partial charge in [-0.3, -0.25) is 4.79 Å². The van der Waals surface area contributed by atoms with Crippen molar-refractivity contribution >= 4 is 28.7 Å². The van der Waals surface area contributed by atoms with E-state index in [4.69, 9.17) is 21.1 Å². The Morgan fingerprint density at radius 2 is 2.20 bits per heavy atom. The predicted octanol–water partition coefficient (Wildman–Crippen LogP) is 1.78. The van der Waals surface area contributed by atoms with Crippen molar-refractivity contribution < 1.29 is 14.3 Å². The van der Waals surface area contributed by atoms with Crippen molar-refractivity contribution in [2.24, 2.45) is 0 Å². The lowest BCUT2D eigenvalue weighted by atomic mass is 10.4. The number of pyridine rings is 1. The molecule has 6 nitrogen and oxygen atoms in total. The SMILES string of the molecule is CCOC(=O)Cn1c(CCCl)nc2ccc(OC)nc21. The zero-order valence-electron chi connectivity index (χ0n) is 11.4. The molecule has 0 aromatic carbocycles. The maximum absolute atomic E-state index is 11.7. The first-order valence-electron chi connectivity index (χ1n) is 6.31. The third kappa shape index (κ3) is 3.01. The van der Waals surface area contributed by atoms with E-state index in [1.807, 2.05) is 0 Å². The maximum Gasteiger partial charge on any atom is 0.326 e. The Bertz CT molecular complexity index is 612. The monoisotopic (exact) mass is 297 g/mol. The highest BCUT2D eigenvalue weighted by Crippen LogP contribution is 2.19.